The van der Waals surface area contributed by atoms with E-state index in [1.807, 2.05) is 0 Å². The van der Waals surface area contributed by atoms with Gasteiger partial charge in [-0.2, -0.15) is 0 Å². The third kappa shape index (κ3) is 1.49. The minimum absolute atomic E-state index is 0.326. The van der Waals surface area contributed by atoms with E-state index in [0.29, 0.717) is 11.3 Å². The maximum atomic E-state index is 11.6. The Bertz CT molecular complexity index is 490. The molecule has 0 radical (unpaired) electrons. The number of hydrogen-bond donors (Lipinski definition) is 1. The smallest absolute Gasteiger partial charge is 0.351 e. The van der Waals surface area contributed by atoms with Gasteiger partial charge in [0.15, 0.2) is 5.03 Å². The monoisotopic (exact) mass is 224 g/mol. The second-order valence-electron chi connectivity index (χ2n) is 2.88. The number of halogens is 1. The minimum Gasteiger partial charge on any atom is -0.477 e. The number of carbonyl (C=O) groups is 2. The quantitative estimate of drug-likeness (QED) is 0.739. The van der Waals surface area contributed by atoms with Gasteiger partial charge in [0.2, 0.25) is 11.5 Å². The minimum atomic E-state index is -1.38. The molecule has 0 atom stereocenters. The third-order valence-electron chi connectivity index (χ3n) is 1.94. The van der Waals surface area contributed by atoms with E-state index in [-0.39, 0.29) is 5.76 Å². The second-order valence-corrected chi connectivity index (χ2v) is 3.25. The topological polar surface area (TPSA) is 63.6 Å². The highest BCUT2D eigenvalue weighted by atomic mass is 35.5. The van der Waals surface area contributed by atoms with E-state index < -0.39 is 16.8 Å². The van der Waals surface area contributed by atoms with Gasteiger partial charge in [0.25, 0.3) is 0 Å². The van der Waals surface area contributed by atoms with Gasteiger partial charge in [0.1, 0.15) is 5.75 Å². The number of hydrogen-bond acceptors (Lipinski definition) is 3. The average Bonchev–Trinajstić information content (AvgIpc) is 2.56. The number of aliphatic carboxylic acids is 1. The molecule has 1 aliphatic heterocycles. The summed E-state index contributed by atoms with van der Waals surface area (Å²) in [7, 11) is 0. The van der Waals surface area contributed by atoms with E-state index in [4.69, 9.17) is 21.4 Å². The highest BCUT2D eigenvalue weighted by Gasteiger charge is 2.31. The van der Waals surface area contributed by atoms with Crippen LogP contribution < -0.4 is 4.74 Å². The van der Waals surface area contributed by atoms with E-state index in [0.717, 1.165) is 0 Å². The lowest BCUT2D eigenvalue weighted by atomic mass is 10.1. The Kier molecular flexibility index (Phi) is 2.21. The first-order valence-electron chi connectivity index (χ1n) is 4.06. The Morgan fingerprint density at radius 2 is 2.00 bits per heavy atom. The summed E-state index contributed by atoms with van der Waals surface area (Å²) >= 11 is 5.44. The van der Waals surface area contributed by atoms with Crippen molar-refractivity contribution in [2.24, 2.45) is 0 Å². The molecule has 1 N–H and O–H groups in total. The van der Waals surface area contributed by atoms with Crippen molar-refractivity contribution in [2.75, 3.05) is 0 Å². The molecule has 15 heavy (non-hydrogen) atoms. The van der Waals surface area contributed by atoms with E-state index in [1.165, 1.54) is 0 Å². The van der Waals surface area contributed by atoms with Gasteiger partial charge in [0.05, 0.1) is 5.56 Å². The highest BCUT2D eigenvalue weighted by molar-refractivity contribution is 6.43. The van der Waals surface area contributed by atoms with Gasteiger partial charge in [-0.15, -0.1) is 0 Å². The molecule has 4 nitrogen and oxygen atoms in total. The Hall–Kier alpha value is -1.81. The zero-order valence-electron chi connectivity index (χ0n) is 7.36. The molecule has 0 bridgehead atoms. The van der Waals surface area contributed by atoms with Crippen molar-refractivity contribution in [3.63, 3.8) is 0 Å². The van der Waals surface area contributed by atoms with Crippen LogP contribution in [0.1, 0.15) is 10.4 Å². The fraction of sp³-hybridized carbons (Fsp3) is 0. The summed E-state index contributed by atoms with van der Waals surface area (Å²) in [5.74, 6) is -1.88. The van der Waals surface area contributed by atoms with E-state index in [2.05, 4.69) is 0 Å². The lowest BCUT2D eigenvalue weighted by Crippen LogP contribution is -2.07. The summed E-state index contributed by atoms with van der Waals surface area (Å²) in [6, 6.07) is 6.48. The number of carboxylic acid groups (broad SMARTS) is 1. The number of allylic oxidation sites excluding steroid dienone is 1. The van der Waals surface area contributed by atoms with Gasteiger partial charge < -0.3 is 9.84 Å². The van der Waals surface area contributed by atoms with Gasteiger partial charge in [-0.1, -0.05) is 23.7 Å². The molecule has 0 aliphatic carbocycles. The van der Waals surface area contributed by atoms with Crippen molar-refractivity contribution in [3.8, 4) is 5.75 Å². The van der Waals surface area contributed by atoms with Crippen LogP contribution in [0.15, 0.2) is 35.1 Å². The van der Waals surface area contributed by atoms with Crippen LogP contribution >= 0.6 is 11.6 Å². The van der Waals surface area contributed by atoms with E-state index >= 15 is 0 Å². The van der Waals surface area contributed by atoms with Gasteiger partial charge in [-0.05, 0) is 12.1 Å². The van der Waals surface area contributed by atoms with Crippen molar-refractivity contribution in [1.29, 1.82) is 0 Å². The molecule has 5 heteroatoms. The number of carbonyl (C=O) groups excluding carboxylic acids is 1. The number of ketones is 1. The van der Waals surface area contributed by atoms with Crippen LogP contribution in [-0.2, 0) is 4.79 Å². The molecule has 0 aromatic heterocycles. The lowest BCUT2D eigenvalue weighted by Gasteiger charge is -1.97. The Morgan fingerprint density at radius 3 is 2.60 bits per heavy atom. The number of benzene rings is 1. The van der Waals surface area contributed by atoms with Crippen molar-refractivity contribution >= 4 is 23.4 Å². The second kappa shape index (κ2) is 3.40. The molecule has 1 aliphatic rings. The number of para-hydroxylation sites is 1. The zero-order chi connectivity index (χ0) is 11.0. The Morgan fingerprint density at radius 1 is 1.33 bits per heavy atom. The number of fused-ring (bicyclic) bond motifs is 1. The average molecular weight is 225 g/mol. The highest BCUT2D eigenvalue weighted by Crippen LogP contribution is 2.32. The van der Waals surface area contributed by atoms with E-state index in [9.17, 15) is 9.59 Å². The summed E-state index contributed by atoms with van der Waals surface area (Å²) in [5.41, 5.74) is 0.326. The lowest BCUT2D eigenvalue weighted by molar-refractivity contribution is -0.132. The third-order valence-corrected chi connectivity index (χ3v) is 2.27. The molecule has 0 unspecified atom stereocenters. The van der Waals surface area contributed by atoms with Gasteiger partial charge in [-0.3, -0.25) is 4.79 Å². The molecular weight excluding hydrogens is 220 g/mol. The molecule has 0 amide bonds. The largest absolute Gasteiger partial charge is 0.477 e. The number of rotatable bonds is 1. The van der Waals surface area contributed by atoms with Crippen molar-refractivity contribution < 1.29 is 19.4 Å². The molecular formula is C10H5ClO4. The SMILES string of the molecule is O=C(O)/C(Cl)=C1\Oc2ccccc2C1=O. The van der Waals surface area contributed by atoms with Crippen LogP contribution in [0.5, 0.6) is 5.75 Å². The van der Waals surface area contributed by atoms with Gasteiger partial charge in [-0.25, -0.2) is 4.79 Å². The molecule has 1 aromatic rings. The summed E-state index contributed by atoms with van der Waals surface area (Å²) in [6.07, 6.45) is 0. The number of carboxylic acids is 1. The first kappa shape index (κ1) is 9.73. The van der Waals surface area contributed by atoms with Crippen LogP contribution in [0.3, 0.4) is 0 Å². The maximum Gasteiger partial charge on any atom is 0.351 e. The Labute approximate surface area is 89.7 Å². The van der Waals surface area contributed by atoms with Crippen LogP contribution in [0, 0.1) is 0 Å². The standard InChI is InChI=1S/C10H5ClO4/c11-7(10(13)14)9-8(12)5-3-1-2-4-6(5)15-9/h1-4H,(H,13,14)/b9-7+. The van der Waals surface area contributed by atoms with Crippen LogP contribution in [0.4, 0.5) is 0 Å². The van der Waals surface area contributed by atoms with Crippen LogP contribution in [-0.4, -0.2) is 16.9 Å². The molecule has 76 valence electrons. The number of ether oxygens (including phenoxy) is 1. The van der Waals surface area contributed by atoms with Crippen LogP contribution in [0.25, 0.3) is 0 Å². The first-order chi connectivity index (χ1) is 7.11. The van der Waals surface area contributed by atoms with Crippen molar-refractivity contribution in [2.45, 2.75) is 0 Å². The van der Waals surface area contributed by atoms with Gasteiger partial charge >= 0.3 is 5.97 Å². The van der Waals surface area contributed by atoms with Crippen molar-refractivity contribution in [1.82, 2.24) is 0 Å². The fourth-order valence-electron chi connectivity index (χ4n) is 1.26. The zero-order valence-corrected chi connectivity index (χ0v) is 8.12. The normalized spacial score (nSPS) is 17.0. The Balaban J connectivity index is 2.53. The maximum absolute atomic E-state index is 11.6. The molecule has 1 aromatic carbocycles. The summed E-state index contributed by atoms with van der Waals surface area (Å²) in [4.78, 5) is 22.2. The predicted octanol–water partition coefficient (Wildman–Crippen LogP) is 1.80. The summed E-state index contributed by atoms with van der Waals surface area (Å²) in [5, 5.41) is 8.02. The molecule has 0 fully saturated rings. The number of Topliss-reactive ketones (excluding diaryl/α,β-unsaturated/α-hetero) is 1. The molecule has 2 rings (SSSR count). The molecule has 0 saturated heterocycles. The molecule has 0 saturated carbocycles. The summed E-state index contributed by atoms with van der Waals surface area (Å²) in [6.45, 7) is 0. The van der Waals surface area contributed by atoms with Gasteiger partial charge in [0, 0.05) is 0 Å². The predicted molar refractivity (Wildman–Crippen MR) is 51.9 cm³/mol. The molecule has 0 spiro atoms. The van der Waals surface area contributed by atoms with E-state index in [1.54, 1.807) is 24.3 Å². The van der Waals surface area contributed by atoms with Crippen LogP contribution in [0.2, 0.25) is 0 Å². The van der Waals surface area contributed by atoms with Crippen molar-refractivity contribution in [3.05, 3.63) is 40.6 Å². The first-order valence-corrected chi connectivity index (χ1v) is 4.43. The molecule has 1 heterocycles. The fourth-order valence-corrected chi connectivity index (χ4v) is 1.39. The summed E-state index contributed by atoms with van der Waals surface area (Å²) < 4.78 is 5.06.